The fourth-order valence-electron chi connectivity index (χ4n) is 2.38. The molecule has 1 aliphatic rings. The molecular formula is C12H20N4O. The van der Waals surface area contributed by atoms with Crippen molar-refractivity contribution in [1.82, 2.24) is 15.5 Å². The minimum absolute atomic E-state index is 0.161. The molecule has 0 spiro atoms. The summed E-state index contributed by atoms with van der Waals surface area (Å²) in [5.41, 5.74) is 7.30. The molecule has 5 nitrogen and oxygen atoms in total. The zero-order valence-electron chi connectivity index (χ0n) is 10.4. The number of nitrogens with two attached hydrogens (primary N) is 1. The van der Waals surface area contributed by atoms with E-state index in [1.54, 1.807) is 0 Å². The first-order valence-electron chi connectivity index (χ1n) is 6.21. The van der Waals surface area contributed by atoms with Gasteiger partial charge in [-0.2, -0.15) is 5.10 Å². The van der Waals surface area contributed by atoms with Crippen molar-refractivity contribution in [3.8, 4) is 0 Å². The fraction of sp³-hybridized carbons (Fsp3) is 0.667. The first-order chi connectivity index (χ1) is 8.09. The van der Waals surface area contributed by atoms with Gasteiger partial charge in [0.2, 0.25) is 0 Å². The predicted molar refractivity (Wildman–Crippen MR) is 66.6 cm³/mol. The van der Waals surface area contributed by atoms with Crippen molar-refractivity contribution < 1.29 is 4.79 Å². The lowest BCUT2D eigenvalue weighted by atomic mass is 9.86. The molecule has 0 radical (unpaired) electrons. The van der Waals surface area contributed by atoms with E-state index in [2.05, 4.69) is 22.4 Å². The van der Waals surface area contributed by atoms with Gasteiger partial charge >= 0.3 is 0 Å². The first-order valence-corrected chi connectivity index (χ1v) is 6.21. The SMILES string of the molecule is Cc1[nH]nc(C(=O)NC2CCCCC2C)c1N. The zero-order valence-corrected chi connectivity index (χ0v) is 10.4. The Balaban J connectivity index is 2.03. The normalized spacial score (nSPS) is 24.6. The van der Waals surface area contributed by atoms with Gasteiger partial charge in [0.05, 0.1) is 11.4 Å². The van der Waals surface area contributed by atoms with E-state index in [-0.39, 0.29) is 11.9 Å². The van der Waals surface area contributed by atoms with E-state index in [0.717, 1.165) is 12.1 Å². The lowest BCUT2D eigenvalue weighted by molar-refractivity contribution is 0.0906. The van der Waals surface area contributed by atoms with Crippen molar-refractivity contribution in [2.45, 2.75) is 45.6 Å². The summed E-state index contributed by atoms with van der Waals surface area (Å²) in [6.45, 7) is 3.99. The highest BCUT2D eigenvalue weighted by atomic mass is 16.2. The van der Waals surface area contributed by atoms with Gasteiger partial charge in [-0.25, -0.2) is 0 Å². The molecule has 1 aromatic heterocycles. The van der Waals surface area contributed by atoms with Crippen LogP contribution in [-0.4, -0.2) is 22.1 Å². The van der Waals surface area contributed by atoms with Crippen LogP contribution in [0.15, 0.2) is 0 Å². The third-order valence-corrected chi connectivity index (χ3v) is 3.64. The molecule has 1 fully saturated rings. The Hall–Kier alpha value is -1.52. The molecule has 1 amide bonds. The van der Waals surface area contributed by atoms with Gasteiger partial charge in [-0.1, -0.05) is 19.8 Å². The summed E-state index contributed by atoms with van der Waals surface area (Å²) in [5.74, 6) is 0.375. The van der Waals surface area contributed by atoms with Gasteiger partial charge in [0.25, 0.3) is 5.91 Å². The van der Waals surface area contributed by atoms with Crippen LogP contribution in [0.1, 0.15) is 48.8 Å². The maximum absolute atomic E-state index is 12.0. The predicted octanol–water partition coefficient (Wildman–Crippen LogP) is 1.61. The third kappa shape index (κ3) is 2.43. The van der Waals surface area contributed by atoms with Crippen molar-refractivity contribution in [1.29, 1.82) is 0 Å². The molecule has 1 saturated carbocycles. The molecule has 2 unspecified atom stereocenters. The number of anilines is 1. The summed E-state index contributed by atoms with van der Waals surface area (Å²) in [7, 11) is 0. The van der Waals surface area contributed by atoms with Crippen molar-refractivity contribution in [2.24, 2.45) is 5.92 Å². The van der Waals surface area contributed by atoms with Crippen molar-refractivity contribution in [2.75, 3.05) is 5.73 Å². The minimum Gasteiger partial charge on any atom is -0.395 e. The number of nitrogens with one attached hydrogen (secondary N) is 2. The van der Waals surface area contributed by atoms with E-state index < -0.39 is 0 Å². The van der Waals surface area contributed by atoms with Crippen LogP contribution in [0.4, 0.5) is 5.69 Å². The van der Waals surface area contributed by atoms with Crippen LogP contribution in [0, 0.1) is 12.8 Å². The van der Waals surface area contributed by atoms with E-state index in [0.29, 0.717) is 17.3 Å². The zero-order chi connectivity index (χ0) is 12.4. The van der Waals surface area contributed by atoms with Gasteiger partial charge in [0, 0.05) is 6.04 Å². The quantitative estimate of drug-likeness (QED) is 0.729. The van der Waals surface area contributed by atoms with E-state index in [9.17, 15) is 4.79 Å². The Labute approximate surface area is 101 Å². The van der Waals surface area contributed by atoms with Crippen LogP contribution in [0.5, 0.6) is 0 Å². The number of H-pyrrole nitrogens is 1. The second-order valence-corrected chi connectivity index (χ2v) is 4.95. The Morgan fingerprint density at radius 3 is 2.76 bits per heavy atom. The molecule has 1 aliphatic carbocycles. The number of amides is 1. The van der Waals surface area contributed by atoms with Gasteiger partial charge in [-0.15, -0.1) is 0 Å². The number of hydrogen-bond acceptors (Lipinski definition) is 3. The van der Waals surface area contributed by atoms with E-state index in [1.165, 1.54) is 19.3 Å². The fourth-order valence-corrected chi connectivity index (χ4v) is 2.38. The summed E-state index contributed by atoms with van der Waals surface area (Å²) in [5, 5.41) is 9.71. The summed E-state index contributed by atoms with van der Waals surface area (Å²) in [6.07, 6.45) is 4.68. The Morgan fingerprint density at radius 1 is 1.47 bits per heavy atom. The highest BCUT2D eigenvalue weighted by Gasteiger charge is 2.25. The number of rotatable bonds is 2. The molecule has 94 valence electrons. The summed E-state index contributed by atoms with van der Waals surface area (Å²) in [6, 6.07) is 0.257. The van der Waals surface area contributed by atoms with Crippen LogP contribution in [-0.2, 0) is 0 Å². The highest BCUT2D eigenvalue weighted by molar-refractivity contribution is 5.97. The smallest absolute Gasteiger partial charge is 0.274 e. The van der Waals surface area contributed by atoms with Crippen LogP contribution in [0.25, 0.3) is 0 Å². The van der Waals surface area contributed by atoms with Gasteiger partial charge in [0.1, 0.15) is 0 Å². The molecule has 2 atom stereocenters. The van der Waals surface area contributed by atoms with Crippen molar-refractivity contribution in [3.63, 3.8) is 0 Å². The Kier molecular flexibility index (Phi) is 3.36. The van der Waals surface area contributed by atoms with Crippen LogP contribution in [0.3, 0.4) is 0 Å². The maximum Gasteiger partial charge on any atom is 0.274 e. The Bertz CT molecular complexity index is 413. The minimum atomic E-state index is -0.161. The van der Waals surface area contributed by atoms with Gasteiger partial charge in [-0.05, 0) is 25.7 Å². The molecule has 5 heteroatoms. The standard InChI is InChI=1S/C12H20N4O/c1-7-5-3-4-6-9(7)14-12(17)11-10(13)8(2)15-16-11/h7,9H,3-6,13H2,1-2H3,(H,14,17)(H,15,16). The number of hydrogen-bond donors (Lipinski definition) is 3. The largest absolute Gasteiger partial charge is 0.395 e. The molecule has 0 bridgehead atoms. The van der Waals surface area contributed by atoms with Gasteiger partial charge in [0.15, 0.2) is 5.69 Å². The number of aromatic amines is 1. The average Bonchev–Trinajstić information content (AvgIpc) is 2.63. The van der Waals surface area contributed by atoms with E-state index in [1.807, 2.05) is 6.92 Å². The van der Waals surface area contributed by atoms with E-state index >= 15 is 0 Å². The maximum atomic E-state index is 12.0. The van der Waals surface area contributed by atoms with Gasteiger partial charge in [-0.3, -0.25) is 9.89 Å². The summed E-state index contributed by atoms with van der Waals surface area (Å²) < 4.78 is 0. The number of nitrogens with zero attached hydrogens (tertiary/aromatic N) is 1. The molecule has 1 aromatic rings. The first kappa shape index (κ1) is 12.0. The van der Waals surface area contributed by atoms with Crippen LogP contribution < -0.4 is 11.1 Å². The van der Waals surface area contributed by atoms with Gasteiger partial charge < -0.3 is 11.1 Å². The molecule has 0 saturated heterocycles. The number of aromatic nitrogens is 2. The number of carbonyl (C=O) groups excluding carboxylic acids is 1. The van der Waals surface area contributed by atoms with Crippen molar-refractivity contribution in [3.05, 3.63) is 11.4 Å². The monoisotopic (exact) mass is 236 g/mol. The molecule has 17 heavy (non-hydrogen) atoms. The molecule has 2 rings (SSSR count). The average molecular weight is 236 g/mol. The molecule has 0 aromatic carbocycles. The summed E-state index contributed by atoms with van der Waals surface area (Å²) >= 11 is 0. The molecule has 0 aliphatic heterocycles. The third-order valence-electron chi connectivity index (χ3n) is 3.64. The molecular weight excluding hydrogens is 216 g/mol. The summed E-state index contributed by atoms with van der Waals surface area (Å²) in [4.78, 5) is 12.0. The molecule has 1 heterocycles. The lowest BCUT2D eigenvalue weighted by Gasteiger charge is -2.29. The highest BCUT2D eigenvalue weighted by Crippen LogP contribution is 2.24. The molecule has 4 N–H and O–H groups in total. The van der Waals surface area contributed by atoms with Crippen LogP contribution in [0.2, 0.25) is 0 Å². The topological polar surface area (TPSA) is 83.8 Å². The lowest BCUT2D eigenvalue weighted by Crippen LogP contribution is -2.41. The van der Waals surface area contributed by atoms with Crippen LogP contribution >= 0.6 is 0 Å². The second kappa shape index (κ2) is 4.77. The van der Waals surface area contributed by atoms with E-state index in [4.69, 9.17) is 5.73 Å². The number of aryl methyl sites for hydroxylation is 1. The second-order valence-electron chi connectivity index (χ2n) is 4.95. The Morgan fingerprint density at radius 2 is 2.18 bits per heavy atom. The van der Waals surface area contributed by atoms with Crippen molar-refractivity contribution >= 4 is 11.6 Å². The number of carbonyl (C=O) groups is 1. The number of nitrogen functional groups attached to an aromatic ring is 1.